The van der Waals surface area contributed by atoms with Crippen LogP contribution < -0.4 is 5.09 Å². The van der Waals surface area contributed by atoms with Gasteiger partial charge in [-0.25, -0.2) is 0 Å². The molecule has 0 fully saturated rings. The molecule has 1 aromatic rings. The number of hydrogen-bond acceptors (Lipinski definition) is 3. The average molecular weight is 241 g/mol. The van der Waals surface area contributed by atoms with Crippen LogP contribution in [0.3, 0.4) is 0 Å². The summed E-state index contributed by atoms with van der Waals surface area (Å²) in [5.74, 6) is 0. The molecule has 0 saturated carbocycles. The number of hydrogen-bond donors (Lipinski definition) is 1. The van der Waals surface area contributed by atoms with Gasteiger partial charge in [0.15, 0.2) is 0 Å². The zero-order valence-electron chi connectivity index (χ0n) is 9.98. The number of rotatable bonds is 8. The van der Waals surface area contributed by atoms with Gasteiger partial charge in [-0.1, -0.05) is 32.0 Å². The first kappa shape index (κ1) is 13.4. The van der Waals surface area contributed by atoms with E-state index in [2.05, 4.69) is 18.9 Å². The lowest BCUT2D eigenvalue weighted by Gasteiger charge is -2.18. The van der Waals surface area contributed by atoms with Crippen molar-refractivity contribution in [2.45, 2.75) is 26.7 Å². The average Bonchev–Trinajstić information content (AvgIpc) is 2.34. The number of nitrogens with one attached hydrogen (secondary N) is 1. The zero-order valence-corrected chi connectivity index (χ0v) is 10.9. The molecule has 4 heteroatoms. The largest absolute Gasteiger partial charge is 0.320 e. The van der Waals surface area contributed by atoms with Gasteiger partial charge in [-0.05, 0) is 25.0 Å². The topological polar surface area (TPSA) is 30.5 Å². The molecule has 1 rings (SSSR count). The van der Waals surface area contributed by atoms with Crippen LogP contribution >= 0.6 is 8.53 Å². The van der Waals surface area contributed by atoms with Crippen molar-refractivity contribution >= 4 is 14.2 Å². The molecular formula is C12H20NO2P. The van der Waals surface area contributed by atoms with Crippen molar-refractivity contribution in [1.82, 2.24) is 0 Å². The Kier molecular flexibility index (Phi) is 7.15. The quantitative estimate of drug-likeness (QED) is 0.692. The Labute approximate surface area is 99.1 Å². The second-order valence-corrected chi connectivity index (χ2v) is 4.66. The van der Waals surface area contributed by atoms with Gasteiger partial charge >= 0.3 is 0 Å². The Morgan fingerprint density at radius 2 is 1.56 bits per heavy atom. The van der Waals surface area contributed by atoms with Crippen molar-refractivity contribution in [2.75, 3.05) is 18.3 Å². The lowest BCUT2D eigenvalue weighted by Crippen LogP contribution is -2.01. The third-order valence-electron chi connectivity index (χ3n) is 1.82. The minimum Gasteiger partial charge on any atom is -0.320 e. The normalized spacial score (nSPS) is 10.7. The zero-order chi connectivity index (χ0) is 11.6. The molecule has 1 N–H and O–H groups in total. The summed E-state index contributed by atoms with van der Waals surface area (Å²) in [6.07, 6.45) is 2.01. The van der Waals surface area contributed by atoms with Gasteiger partial charge in [0.25, 0.3) is 8.53 Å². The Morgan fingerprint density at radius 3 is 2.06 bits per heavy atom. The molecule has 16 heavy (non-hydrogen) atoms. The summed E-state index contributed by atoms with van der Waals surface area (Å²) in [7, 11) is -0.999. The molecule has 1 aromatic carbocycles. The lowest BCUT2D eigenvalue weighted by atomic mass is 10.3. The molecular weight excluding hydrogens is 221 g/mol. The van der Waals surface area contributed by atoms with Crippen molar-refractivity contribution in [3.8, 4) is 0 Å². The molecule has 0 aromatic heterocycles. The van der Waals surface area contributed by atoms with Gasteiger partial charge in [-0.3, -0.25) is 0 Å². The molecule has 0 saturated heterocycles. The van der Waals surface area contributed by atoms with Gasteiger partial charge in [-0.2, -0.15) is 0 Å². The van der Waals surface area contributed by atoms with Gasteiger partial charge in [0.1, 0.15) is 0 Å². The van der Waals surface area contributed by atoms with Crippen LogP contribution in [0, 0.1) is 0 Å². The van der Waals surface area contributed by atoms with Gasteiger partial charge in [-0.15, -0.1) is 0 Å². The molecule has 0 radical (unpaired) electrons. The molecule has 0 aliphatic rings. The van der Waals surface area contributed by atoms with E-state index in [9.17, 15) is 0 Å². The maximum atomic E-state index is 5.63. The highest BCUT2D eigenvalue weighted by Gasteiger charge is 2.09. The molecule has 90 valence electrons. The van der Waals surface area contributed by atoms with E-state index in [4.69, 9.17) is 9.05 Å². The van der Waals surface area contributed by atoms with Crippen molar-refractivity contribution in [2.24, 2.45) is 0 Å². The van der Waals surface area contributed by atoms with Crippen molar-refractivity contribution in [3.05, 3.63) is 30.3 Å². The minimum atomic E-state index is -0.999. The van der Waals surface area contributed by atoms with E-state index in [1.165, 1.54) is 0 Å². The van der Waals surface area contributed by atoms with Crippen LogP contribution in [-0.4, -0.2) is 13.2 Å². The number of para-hydroxylation sites is 1. The Bertz CT molecular complexity index is 261. The first-order valence-electron chi connectivity index (χ1n) is 5.74. The molecule has 0 aliphatic heterocycles. The Balaban J connectivity index is 2.42. The monoisotopic (exact) mass is 241 g/mol. The van der Waals surface area contributed by atoms with Gasteiger partial charge < -0.3 is 14.1 Å². The van der Waals surface area contributed by atoms with E-state index in [0.717, 1.165) is 31.7 Å². The first-order valence-corrected chi connectivity index (χ1v) is 6.92. The summed E-state index contributed by atoms with van der Waals surface area (Å²) in [5, 5.41) is 3.27. The predicted octanol–water partition coefficient (Wildman–Crippen LogP) is 4.18. The van der Waals surface area contributed by atoms with E-state index in [-0.39, 0.29) is 0 Å². The summed E-state index contributed by atoms with van der Waals surface area (Å²) in [6.45, 7) is 5.65. The van der Waals surface area contributed by atoms with Crippen LogP contribution in [0.15, 0.2) is 30.3 Å². The minimum absolute atomic E-state index is 0.731. The number of anilines is 1. The van der Waals surface area contributed by atoms with Gasteiger partial charge in [0.05, 0.1) is 13.2 Å². The smallest absolute Gasteiger partial charge is 0.287 e. The second kappa shape index (κ2) is 8.51. The summed E-state index contributed by atoms with van der Waals surface area (Å²) >= 11 is 0. The standard InChI is InChI=1S/C12H20NO2P/c1-3-10-14-16(15-11-4-2)13-12-8-6-5-7-9-12/h5-9,13H,3-4,10-11H2,1-2H3. The Hall–Kier alpha value is -0.630. The van der Waals surface area contributed by atoms with E-state index in [1.54, 1.807) is 0 Å². The van der Waals surface area contributed by atoms with Crippen molar-refractivity contribution in [3.63, 3.8) is 0 Å². The highest BCUT2D eigenvalue weighted by Crippen LogP contribution is 2.38. The fraction of sp³-hybridized carbons (Fsp3) is 0.500. The van der Waals surface area contributed by atoms with E-state index in [0.29, 0.717) is 0 Å². The fourth-order valence-corrected chi connectivity index (χ4v) is 2.33. The third-order valence-corrected chi connectivity index (χ3v) is 3.09. The predicted molar refractivity (Wildman–Crippen MR) is 69.5 cm³/mol. The Morgan fingerprint density at radius 1 is 1.00 bits per heavy atom. The highest BCUT2D eigenvalue weighted by molar-refractivity contribution is 7.48. The first-order chi connectivity index (χ1) is 7.86. The van der Waals surface area contributed by atoms with E-state index < -0.39 is 8.53 Å². The lowest BCUT2D eigenvalue weighted by molar-refractivity contribution is 0.253. The summed E-state index contributed by atoms with van der Waals surface area (Å²) < 4.78 is 11.3. The van der Waals surface area contributed by atoms with Crippen LogP contribution in [-0.2, 0) is 9.05 Å². The molecule has 0 spiro atoms. The SMILES string of the molecule is CCCOP(Nc1ccccc1)OCCC. The van der Waals surface area contributed by atoms with Crippen LogP contribution in [0.2, 0.25) is 0 Å². The van der Waals surface area contributed by atoms with Crippen LogP contribution in [0.4, 0.5) is 5.69 Å². The van der Waals surface area contributed by atoms with Crippen LogP contribution in [0.5, 0.6) is 0 Å². The second-order valence-electron chi connectivity index (χ2n) is 3.40. The summed E-state index contributed by atoms with van der Waals surface area (Å²) in [6, 6.07) is 10.0. The van der Waals surface area contributed by atoms with Crippen molar-refractivity contribution < 1.29 is 9.05 Å². The molecule has 0 heterocycles. The number of benzene rings is 1. The molecule has 0 aliphatic carbocycles. The molecule has 0 bridgehead atoms. The molecule has 0 amide bonds. The van der Waals surface area contributed by atoms with E-state index in [1.807, 2.05) is 30.3 Å². The van der Waals surface area contributed by atoms with Gasteiger partial charge in [0.2, 0.25) is 0 Å². The van der Waals surface area contributed by atoms with Crippen molar-refractivity contribution in [1.29, 1.82) is 0 Å². The molecule has 0 unspecified atom stereocenters. The summed E-state index contributed by atoms with van der Waals surface area (Å²) in [4.78, 5) is 0. The molecule has 0 atom stereocenters. The van der Waals surface area contributed by atoms with Crippen LogP contribution in [0.1, 0.15) is 26.7 Å². The van der Waals surface area contributed by atoms with Gasteiger partial charge in [0, 0.05) is 5.69 Å². The maximum absolute atomic E-state index is 5.63. The molecule has 3 nitrogen and oxygen atoms in total. The maximum Gasteiger partial charge on any atom is 0.287 e. The highest BCUT2D eigenvalue weighted by atomic mass is 31.2. The van der Waals surface area contributed by atoms with Crippen LogP contribution in [0.25, 0.3) is 0 Å². The van der Waals surface area contributed by atoms with E-state index >= 15 is 0 Å². The third kappa shape index (κ3) is 5.45. The fourth-order valence-electron chi connectivity index (χ4n) is 1.07. The summed E-state index contributed by atoms with van der Waals surface area (Å²) in [5.41, 5.74) is 1.04.